The van der Waals surface area contributed by atoms with Gasteiger partial charge in [0.1, 0.15) is 6.04 Å². The predicted octanol–water partition coefficient (Wildman–Crippen LogP) is 3.17. The molecular formula is C23H29F3N4O3S. The molecule has 4 N–H and O–H groups in total. The van der Waals surface area contributed by atoms with Crippen molar-refractivity contribution < 1.29 is 27.9 Å². The average molecular weight is 499 g/mol. The topological polar surface area (TPSA) is 109 Å². The highest BCUT2D eigenvalue weighted by molar-refractivity contribution is 7.13. The Hall–Kier alpha value is -2.50. The first-order valence-electron chi connectivity index (χ1n) is 10.8. The highest BCUT2D eigenvalue weighted by Crippen LogP contribution is 2.35. The van der Waals surface area contributed by atoms with E-state index in [9.17, 15) is 27.9 Å². The van der Waals surface area contributed by atoms with E-state index in [1.807, 2.05) is 12.2 Å². The highest BCUT2D eigenvalue weighted by atomic mass is 32.1. The van der Waals surface area contributed by atoms with Gasteiger partial charge in [0, 0.05) is 13.0 Å². The molecule has 1 aliphatic heterocycles. The van der Waals surface area contributed by atoms with Gasteiger partial charge in [-0.1, -0.05) is 45.0 Å². The van der Waals surface area contributed by atoms with Crippen LogP contribution in [-0.2, 0) is 9.59 Å². The van der Waals surface area contributed by atoms with Crippen LogP contribution in [0.15, 0.2) is 29.8 Å². The van der Waals surface area contributed by atoms with Crippen molar-refractivity contribution in [2.75, 3.05) is 6.54 Å². The summed E-state index contributed by atoms with van der Waals surface area (Å²) < 4.78 is 41.8. The molecule has 0 bridgehead atoms. The number of nitrogens with zero attached hydrogens (tertiary/aromatic N) is 2. The number of β-amino-alcohol motifs (C(OH)–C–C–N with tert-alkyl or cyclic N) is 1. The van der Waals surface area contributed by atoms with Crippen LogP contribution in [0.3, 0.4) is 0 Å². The number of nitrogens with one attached hydrogen (secondary N) is 1. The van der Waals surface area contributed by atoms with Crippen molar-refractivity contribution in [3.63, 3.8) is 0 Å². The fraction of sp³-hybridized carbons (Fsp3) is 0.522. The number of carbonyl (C=O) groups is 2. The molecule has 2 unspecified atom stereocenters. The van der Waals surface area contributed by atoms with Gasteiger partial charge in [-0.25, -0.2) is 4.98 Å². The van der Waals surface area contributed by atoms with Crippen molar-refractivity contribution in [3.8, 4) is 10.4 Å². The van der Waals surface area contributed by atoms with Crippen LogP contribution >= 0.6 is 11.3 Å². The SMILES string of the molecule is Cc1ncsc1-c1ccc(C(NC(=O)[C@@H]2C[C@@H](O)CN2C(=O)C(N)C(C)(C)C)C(F)(F)F)cc1. The van der Waals surface area contributed by atoms with Crippen molar-refractivity contribution >= 4 is 23.2 Å². The Balaban J connectivity index is 1.83. The maximum atomic E-state index is 13.9. The van der Waals surface area contributed by atoms with Gasteiger partial charge in [0.05, 0.1) is 28.2 Å². The van der Waals surface area contributed by atoms with Gasteiger partial charge in [-0.05, 0) is 23.5 Å². The number of alkyl halides is 3. The number of amides is 2. The first kappa shape index (κ1) is 26.1. The Bertz CT molecular complexity index is 1030. The predicted molar refractivity (Wildman–Crippen MR) is 123 cm³/mol. The average Bonchev–Trinajstić information content (AvgIpc) is 3.35. The van der Waals surface area contributed by atoms with Crippen LogP contribution in [0.5, 0.6) is 0 Å². The van der Waals surface area contributed by atoms with Gasteiger partial charge in [0.2, 0.25) is 11.8 Å². The summed E-state index contributed by atoms with van der Waals surface area (Å²) in [7, 11) is 0. The van der Waals surface area contributed by atoms with Gasteiger partial charge in [-0.3, -0.25) is 9.59 Å². The minimum absolute atomic E-state index is 0.144. The van der Waals surface area contributed by atoms with Crippen molar-refractivity contribution in [1.82, 2.24) is 15.2 Å². The number of halogens is 3. The number of carbonyl (C=O) groups excluding carboxylic acids is 2. The lowest BCUT2D eigenvalue weighted by molar-refractivity contribution is -0.165. The van der Waals surface area contributed by atoms with E-state index in [0.717, 1.165) is 21.0 Å². The molecule has 1 saturated heterocycles. The molecule has 7 nitrogen and oxygen atoms in total. The summed E-state index contributed by atoms with van der Waals surface area (Å²) in [6.07, 6.45) is -5.97. The zero-order chi connectivity index (χ0) is 25.4. The molecular weight excluding hydrogens is 469 g/mol. The molecule has 0 saturated carbocycles. The summed E-state index contributed by atoms with van der Waals surface area (Å²) in [5.41, 5.74) is 8.41. The van der Waals surface area contributed by atoms with Crippen molar-refractivity contribution in [2.24, 2.45) is 11.1 Å². The Morgan fingerprint density at radius 3 is 2.35 bits per heavy atom. The molecule has 186 valence electrons. The number of hydrogen-bond acceptors (Lipinski definition) is 6. The Morgan fingerprint density at radius 2 is 1.85 bits per heavy atom. The number of aliphatic hydroxyl groups excluding tert-OH is 1. The number of likely N-dealkylation sites (tertiary alicyclic amines) is 1. The molecule has 2 aromatic rings. The number of aryl methyl sites for hydroxylation is 1. The molecule has 2 heterocycles. The molecule has 3 rings (SSSR count). The largest absolute Gasteiger partial charge is 0.412 e. The van der Waals surface area contributed by atoms with E-state index in [4.69, 9.17) is 5.73 Å². The number of benzene rings is 1. The number of aromatic nitrogens is 1. The van der Waals surface area contributed by atoms with Gasteiger partial charge < -0.3 is 21.1 Å². The van der Waals surface area contributed by atoms with E-state index in [2.05, 4.69) is 4.98 Å². The fourth-order valence-corrected chi connectivity index (χ4v) is 4.67. The number of aliphatic hydroxyl groups is 1. The number of nitrogens with two attached hydrogens (primary N) is 1. The molecule has 1 aromatic carbocycles. The first-order chi connectivity index (χ1) is 15.7. The van der Waals surface area contributed by atoms with Crippen LogP contribution in [-0.4, -0.2) is 57.7 Å². The zero-order valence-corrected chi connectivity index (χ0v) is 20.2. The Labute approximate surface area is 200 Å². The van der Waals surface area contributed by atoms with Crippen LogP contribution in [0.25, 0.3) is 10.4 Å². The summed E-state index contributed by atoms with van der Waals surface area (Å²) >= 11 is 1.38. The second-order valence-corrected chi connectivity index (χ2v) is 10.5. The summed E-state index contributed by atoms with van der Waals surface area (Å²) in [5, 5.41) is 12.1. The number of thiazole rings is 1. The summed E-state index contributed by atoms with van der Waals surface area (Å²) in [6.45, 7) is 6.88. The molecule has 0 spiro atoms. The molecule has 2 amide bonds. The third-order valence-corrected chi connectivity index (χ3v) is 6.91. The smallest absolute Gasteiger partial charge is 0.391 e. The standard InChI is InChI=1S/C23H29F3N4O3S/c1-12-17(34-11-28-12)13-5-7-14(8-6-13)19(23(24,25)26)29-20(32)16-9-15(31)10-30(16)21(33)18(27)22(2,3)4/h5-8,11,15-16,18-19,31H,9-10,27H2,1-4H3,(H,29,32)/t15-,16+,18?,19?/m1/s1. The van der Waals surface area contributed by atoms with E-state index in [0.29, 0.717) is 0 Å². The molecule has 1 aliphatic rings. The molecule has 11 heteroatoms. The third kappa shape index (κ3) is 5.59. The van der Waals surface area contributed by atoms with Gasteiger partial charge in [-0.15, -0.1) is 11.3 Å². The van der Waals surface area contributed by atoms with Gasteiger partial charge in [-0.2, -0.15) is 13.2 Å². The van der Waals surface area contributed by atoms with Crippen LogP contribution in [0.4, 0.5) is 13.2 Å². The van der Waals surface area contributed by atoms with E-state index in [1.165, 1.54) is 23.5 Å². The summed E-state index contributed by atoms with van der Waals surface area (Å²) in [6, 6.07) is 1.23. The number of hydrogen-bond donors (Lipinski definition) is 3. The van der Waals surface area contributed by atoms with E-state index in [-0.39, 0.29) is 18.5 Å². The monoisotopic (exact) mass is 498 g/mol. The third-order valence-electron chi connectivity index (χ3n) is 5.93. The van der Waals surface area contributed by atoms with Crippen LogP contribution < -0.4 is 11.1 Å². The van der Waals surface area contributed by atoms with Crippen molar-refractivity contribution in [3.05, 3.63) is 41.0 Å². The normalized spacial score (nSPS) is 20.8. The maximum absolute atomic E-state index is 13.9. The van der Waals surface area contributed by atoms with Crippen molar-refractivity contribution in [1.29, 1.82) is 0 Å². The van der Waals surface area contributed by atoms with Gasteiger partial charge in [0.25, 0.3) is 0 Å². The van der Waals surface area contributed by atoms with E-state index >= 15 is 0 Å². The molecule has 0 radical (unpaired) electrons. The quantitative estimate of drug-likeness (QED) is 0.587. The summed E-state index contributed by atoms with van der Waals surface area (Å²) in [4.78, 5) is 31.9. The zero-order valence-electron chi connectivity index (χ0n) is 19.4. The Kier molecular flexibility index (Phi) is 7.40. The fourth-order valence-electron chi connectivity index (χ4n) is 3.85. The minimum atomic E-state index is -4.77. The van der Waals surface area contributed by atoms with E-state index < -0.39 is 47.6 Å². The van der Waals surface area contributed by atoms with Gasteiger partial charge in [0.15, 0.2) is 6.04 Å². The van der Waals surface area contributed by atoms with Crippen LogP contribution in [0, 0.1) is 12.3 Å². The van der Waals surface area contributed by atoms with Crippen LogP contribution in [0.1, 0.15) is 44.5 Å². The van der Waals surface area contributed by atoms with E-state index in [1.54, 1.807) is 38.4 Å². The van der Waals surface area contributed by atoms with Crippen molar-refractivity contribution in [2.45, 2.75) is 64.5 Å². The molecule has 1 aromatic heterocycles. The lowest BCUT2D eigenvalue weighted by atomic mass is 9.86. The second kappa shape index (κ2) is 9.63. The molecule has 34 heavy (non-hydrogen) atoms. The number of rotatable bonds is 5. The minimum Gasteiger partial charge on any atom is -0.391 e. The van der Waals surface area contributed by atoms with Gasteiger partial charge >= 0.3 is 6.18 Å². The molecule has 1 fully saturated rings. The first-order valence-corrected chi connectivity index (χ1v) is 11.7. The maximum Gasteiger partial charge on any atom is 0.412 e. The molecule has 4 atom stereocenters. The Morgan fingerprint density at radius 1 is 1.24 bits per heavy atom. The second-order valence-electron chi connectivity index (χ2n) is 9.61. The summed E-state index contributed by atoms with van der Waals surface area (Å²) in [5.74, 6) is -1.58. The van der Waals surface area contributed by atoms with Crippen LogP contribution in [0.2, 0.25) is 0 Å². The highest BCUT2D eigenvalue weighted by Gasteiger charge is 2.47. The molecule has 0 aliphatic carbocycles. The lowest BCUT2D eigenvalue weighted by Crippen LogP contribution is -2.55. The lowest BCUT2D eigenvalue weighted by Gasteiger charge is -2.33.